The van der Waals surface area contributed by atoms with E-state index in [4.69, 9.17) is 9.47 Å². The van der Waals surface area contributed by atoms with Crippen molar-refractivity contribution in [2.75, 3.05) is 19.0 Å². The average molecular weight is 433 g/mol. The van der Waals surface area contributed by atoms with Crippen LogP contribution in [0, 0.1) is 0 Å². The molecule has 6 nitrogen and oxygen atoms in total. The Morgan fingerprint density at radius 1 is 0.906 bits per heavy atom. The number of benzene rings is 3. The molecule has 2 N–H and O–H groups in total. The van der Waals surface area contributed by atoms with E-state index in [9.17, 15) is 9.59 Å². The number of hydrogen-bond donors (Lipinski definition) is 2. The fourth-order valence-corrected chi connectivity index (χ4v) is 3.15. The lowest BCUT2D eigenvalue weighted by molar-refractivity contribution is -0.118. The first kappa shape index (κ1) is 22.9. The van der Waals surface area contributed by atoms with Crippen LogP contribution in [0.25, 0.3) is 0 Å². The Morgan fingerprint density at radius 2 is 1.59 bits per heavy atom. The minimum absolute atomic E-state index is 0.331. The molecule has 1 unspecified atom stereocenters. The molecular weight excluding hydrogens is 404 g/mol. The number of para-hydroxylation sites is 1. The zero-order valence-electron chi connectivity index (χ0n) is 18.3. The Labute approximate surface area is 188 Å². The molecule has 0 saturated carbocycles. The van der Waals surface area contributed by atoms with Gasteiger partial charge in [-0.25, -0.2) is 0 Å². The highest BCUT2D eigenvalue weighted by Gasteiger charge is 2.24. The van der Waals surface area contributed by atoms with Gasteiger partial charge in [0.1, 0.15) is 6.04 Å². The number of rotatable bonds is 10. The van der Waals surface area contributed by atoms with Gasteiger partial charge in [0, 0.05) is 11.3 Å². The van der Waals surface area contributed by atoms with Gasteiger partial charge >= 0.3 is 0 Å². The molecule has 0 heterocycles. The van der Waals surface area contributed by atoms with Gasteiger partial charge in [-0.3, -0.25) is 9.59 Å². The predicted octanol–water partition coefficient (Wildman–Crippen LogP) is 4.98. The number of nitrogens with one attached hydrogen (secondary N) is 2. The Hall–Kier alpha value is -3.80. The smallest absolute Gasteiger partial charge is 0.252 e. The topological polar surface area (TPSA) is 76.7 Å². The molecule has 2 amide bonds. The molecule has 0 aliphatic heterocycles. The maximum absolute atomic E-state index is 13.0. The first-order valence-corrected chi connectivity index (χ1v) is 10.6. The van der Waals surface area contributed by atoms with Crippen molar-refractivity contribution >= 4 is 17.5 Å². The highest BCUT2D eigenvalue weighted by Crippen LogP contribution is 2.28. The normalized spacial score (nSPS) is 11.3. The summed E-state index contributed by atoms with van der Waals surface area (Å²) in [6, 6.07) is 22.4. The molecule has 166 valence electrons. The van der Waals surface area contributed by atoms with Crippen molar-refractivity contribution < 1.29 is 19.1 Å². The van der Waals surface area contributed by atoms with Crippen LogP contribution >= 0.6 is 0 Å². The van der Waals surface area contributed by atoms with E-state index < -0.39 is 6.04 Å². The molecule has 32 heavy (non-hydrogen) atoms. The number of carbonyl (C=O) groups excluding carboxylic acids is 2. The van der Waals surface area contributed by atoms with E-state index in [1.807, 2.05) is 36.4 Å². The molecule has 0 aliphatic rings. The van der Waals surface area contributed by atoms with E-state index in [-0.39, 0.29) is 11.8 Å². The fourth-order valence-electron chi connectivity index (χ4n) is 3.15. The summed E-state index contributed by atoms with van der Waals surface area (Å²) in [6.45, 7) is 2.67. The number of amides is 2. The summed E-state index contributed by atoms with van der Waals surface area (Å²) in [5.74, 6) is 0.334. The van der Waals surface area contributed by atoms with Crippen LogP contribution in [-0.4, -0.2) is 25.5 Å². The first-order valence-electron chi connectivity index (χ1n) is 10.6. The van der Waals surface area contributed by atoms with E-state index in [0.717, 1.165) is 12.8 Å². The highest BCUT2D eigenvalue weighted by atomic mass is 16.5. The third-order valence-electron chi connectivity index (χ3n) is 4.89. The number of hydrogen-bond acceptors (Lipinski definition) is 4. The fraction of sp³-hybridized carbons (Fsp3) is 0.231. The molecule has 6 heteroatoms. The summed E-state index contributed by atoms with van der Waals surface area (Å²) in [7, 11) is 1.53. The number of ether oxygens (including phenoxy) is 2. The summed E-state index contributed by atoms with van der Waals surface area (Å²) in [5.41, 5.74) is 1.71. The van der Waals surface area contributed by atoms with E-state index in [1.165, 1.54) is 7.11 Å². The van der Waals surface area contributed by atoms with Crippen molar-refractivity contribution in [1.82, 2.24) is 5.32 Å². The van der Waals surface area contributed by atoms with Crippen LogP contribution in [0.4, 0.5) is 5.69 Å². The summed E-state index contributed by atoms with van der Waals surface area (Å²) in [4.78, 5) is 26.1. The molecule has 3 aromatic carbocycles. The minimum Gasteiger partial charge on any atom is -0.493 e. The lowest BCUT2D eigenvalue weighted by Crippen LogP contribution is -2.37. The summed E-state index contributed by atoms with van der Waals surface area (Å²) in [5, 5.41) is 5.70. The van der Waals surface area contributed by atoms with Crippen LogP contribution in [0.1, 0.15) is 41.7 Å². The number of methoxy groups -OCH3 is 1. The lowest BCUT2D eigenvalue weighted by Gasteiger charge is -2.19. The van der Waals surface area contributed by atoms with Crippen LogP contribution < -0.4 is 20.1 Å². The van der Waals surface area contributed by atoms with E-state index >= 15 is 0 Å². The Kier molecular flexibility index (Phi) is 8.26. The standard InChI is InChI=1S/C26H28N2O4/c1-3-4-17-32-22-16-15-20(18-23(22)31-2)25(29)28-24(19-11-7-5-8-12-19)26(30)27-21-13-9-6-10-14-21/h5-16,18,24H,3-4,17H2,1-2H3,(H,27,30)(H,28,29). The van der Waals surface area contributed by atoms with Gasteiger partial charge in [0.2, 0.25) is 0 Å². The Morgan fingerprint density at radius 3 is 2.25 bits per heavy atom. The molecular formula is C26H28N2O4. The van der Waals surface area contributed by atoms with Crippen LogP contribution in [0.5, 0.6) is 11.5 Å². The number of unbranched alkanes of at least 4 members (excludes halogenated alkanes) is 1. The van der Waals surface area contributed by atoms with Crippen LogP contribution in [-0.2, 0) is 4.79 Å². The molecule has 0 saturated heterocycles. The molecule has 3 aromatic rings. The summed E-state index contributed by atoms with van der Waals surface area (Å²) < 4.78 is 11.1. The molecule has 0 bridgehead atoms. The van der Waals surface area contributed by atoms with Crippen LogP contribution in [0.3, 0.4) is 0 Å². The molecule has 3 rings (SSSR count). The largest absolute Gasteiger partial charge is 0.493 e. The van der Waals surface area contributed by atoms with Gasteiger partial charge in [-0.2, -0.15) is 0 Å². The summed E-state index contributed by atoms with van der Waals surface area (Å²) in [6.07, 6.45) is 1.95. The molecule has 0 spiro atoms. The van der Waals surface area contributed by atoms with Crippen molar-refractivity contribution in [1.29, 1.82) is 0 Å². The van der Waals surface area contributed by atoms with Gasteiger partial charge in [0.05, 0.1) is 13.7 Å². The van der Waals surface area contributed by atoms with Crippen molar-refractivity contribution in [3.8, 4) is 11.5 Å². The molecule has 1 atom stereocenters. The van der Waals surface area contributed by atoms with Gasteiger partial charge in [-0.05, 0) is 42.3 Å². The van der Waals surface area contributed by atoms with E-state index in [0.29, 0.717) is 34.9 Å². The molecule has 0 fully saturated rings. The zero-order chi connectivity index (χ0) is 22.8. The average Bonchev–Trinajstić information content (AvgIpc) is 2.83. The maximum Gasteiger partial charge on any atom is 0.252 e. The molecule has 0 aromatic heterocycles. The number of carbonyl (C=O) groups is 2. The molecule has 0 radical (unpaired) electrons. The second kappa shape index (κ2) is 11.6. The van der Waals surface area contributed by atoms with Gasteiger partial charge in [-0.1, -0.05) is 61.9 Å². The quantitative estimate of drug-likeness (QED) is 0.443. The predicted molar refractivity (Wildman–Crippen MR) is 125 cm³/mol. The maximum atomic E-state index is 13.0. The minimum atomic E-state index is -0.865. The lowest BCUT2D eigenvalue weighted by atomic mass is 10.0. The third-order valence-corrected chi connectivity index (χ3v) is 4.89. The molecule has 0 aliphatic carbocycles. The second-order valence-electron chi connectivity index (χ2n) is 7.24. The zero-order valence-corrected chi connectivity index (χ0v) is 18.3. The monoisotopic (exact) mass is 432 g/mol. The first-order chi connectivity index (χ1) is 15.6. The third kappa shape index (κ3) is 6.11. The van der Waals surface area contributed by atoms with Gasteiger partial charge in [-0.15, -0.1) is 0 Å². The number of anilines is 1. The van der Waals surface area contributed by atoms with Crippen LogP contribution in [0.2, 0.25) is 0 Å². The van der Waals surface area contributed by atoms with Crippen molar-refractivity contribution in [3.05, 3.63) is 90.0 Å². The van der Waals surface area contributed by atoms with E-state index in [2.05, 4.69) is 17.6 Å². The van der Waals surface area contributed by atoms with Gasteiger partial charge in [0.25, 0.3) is 11.8 Å². The SMILES string of the molecule is CCCCOc1ccc(C(=O)NC(C(=O)Nc2ccccc2)c2ccccc2)cc1OC. The van der Waals surface area contributed by atoms with Crippen molar-refractivity contribution in [2.45, 2.75) is 25.8 Å². The Balaban J connectivity index is 1.79. The van der Waals surface area contributed by atoms with Crippen molar-refractivity contribution in [2.24, 2.45) is 0 Å². The Bertz CT molecular complexity index is 1020. The van der Waals surface area contributed by atoms with Crippen LogP contribution in [0.15, 0.2) is 78.9 Å². The van der Waals surface area contributed by atoms with Gasteiger partial charge in [0.15, 0.2) is 11.5 Å². The van der Waals surface area contributed by atoms with Crippen molar-refractivity contribution in [3.63, 3.8) is 0 Å². The summed E-state index contributed by atoms with van der Waals surface area (Å²) >= 11 is 0. The van der Waals surface area contributed by atoms with E-state index in [1.54, 1.807) is 42.5 Å². The van der Waals surface area contributed by atoms with Gasteiger partial charge < -0.3 is 20.1 Å². The highest BCUT2D eigenvalue weighted by molar-refractivity contribution is 6.01. The second-order valence-corrected chi connectivity index (χ2v) is 7.24.